The van der Waals surface area contributed by atoms with E-state index in [-0.39, 0.29) is 0 Å². The quantitative estimate of drug-likeness (QED) is 0.790. The van der Waals surface area contributed by atoms with Gasteiger partial charge in [-0.3, -0.25) is 0 Å². The van der Waals surface area contributed by atoms with Crippen molar-refractivity contribution in [2.75, 3.05) is 6.61 Å². The van der Waals surface area contributed by atoms with Gasteiger partial charge in [0.25, 0.3) is 0 Å². The van der Waals surface area contributed by atoms with E-state index in [1.165, 1.54) is 5.56 Å². The molecule has 1 fully saturated rings. The van der Waals surface area contributed by atoms with Crippen LogP contribution in [0.25, 0.3) is 0 Å². The van der Waals surface area contributed by atoms with Gasteiger partial charge in [-0.25, -0.2) is 0 Å². The molecule has 0 spiro atoms. The highest BCUT2D eigenvalue weighted by Crippen LogP contribution is 2.29. The summed E-state index contributed by atoms with van der Waals surface area (Å²) >= 11 is 0. The number of rotatable bonds is 4. The lowest BCUT2D eigenvalue weighted by Crippen LogP contribution is -2.33. The van der Waals surface area contributed by atoms with Gasteiger partial charge in [0.2, 0.25) is 0 Å². The fourth-order valence-electron chi connectivity index (χ4n) is 1.75. The van der Waals surface area contributed by atoms with E-state index < -0.39 is 0 Å². The Hall–Kier alpha value is -0.860. The molecule has 0 aromatic heterocycles. The van der Waals surface area contributed by atoms with Crippen molar-refractivity contribution in [2.24, 2.45) is 5.92 Å². The lowest BCUT2D eigenvalue weighted by Gasteiger charge is -2.33. The van der Waals surface area contributed by atoms with Gasteiger partial charge in [-0.15, -0.1) is 0 Å². The fraction of sp³-hybridized carbons (Fsp3) is 0.500. The number of ether oxygens (including phenoxy) is 1. The molecule has 1 N–H and O–H groups in total. The number of aliphatic hydroxyl groups excluding tert-OH is 1. The van der Waals surface area contributed by atoms with E-state index in [4.69, 9.17) is 9.84 Å². The van der Waals surface area contributed by atoms with Crippen molar-refractivity contribution < 1.29 is 9.84 Å². The Morgan fingerprint density at radius 3 is 2.57 bits per heavy atom. The Kier molecular flexibility index (Phi) is 3.17. The zero-order chi connectivity index (χ0) is 9.80. The van der Waals surface area contributed by atoms with Crippen molar-refractivity contribution in [3.8, 4) is 0 Å². The van der Waals surface area contributed by atoms with Crippen LogP contribution < -0.4 is 0 Å². The molecule has 1 aromatic carbocycles. The maximum absolute atomic E-state index is 8.83. The van der Waals surface area contributed by atoms with Crippen LogP contribution in [0.2, 0.25) is 0 Å². The molecule has 76 valence electrons. The lowest BCUT2D eigenvalue weighted by atomic mass is 9.83. The molecule has 0 aliphatic heterocycles. The Morgan fingerprint density at radius 1 is 1.21 bits per heavy atom. The summed E-state index contributed by atoms with van der Waals surface area (Å²) in [5.41, 5.74) is 1.22. The SMILES string of the molecule is OC[C@H]1C[C@@H](OCc2ccccc2)C1. The summed E-state index contributed by atoms with van der Waals surface area (Å²) in [6.07, 6.45) is 2.40. The summed E-state index contributed by atoms with van der Waals surface area (Å²) in [5.74, 6) is 0.482. The Bertz CT molecular complexity index is 265. The smallest absolute Gasteiger partial charge is 0.0720 e. The summed E-state index contributed by atoms with van der Waals surface area (Å²) in [6, 6.07) is 10.2. The Labute approximate surface area is 84.5 Å². The molecule has 0 heterocycles. The van der Waals surface area contributed by atoms with Gasteiger partial charge in [-0.2, -0.15) is 0 Å². The first-order valence-corrected chi connectivity index (χ1v) is 5.15. The monoisotopic (exact) mass is 192 g/mol. The second-order valence-electron chi connectivity index (χ2n) is 3.94. The molecule has 1 aromatic rings. The highest BCUT2D eigenvalue weighted by molar-refractivity contribution is 5.13. The normalized spacial score (nSPS) is 25.8. The molecule has 1 aliphatic rings. The maximum Gasteiger partial charge on any atom is 0.0720 e. The van der Waals surface area contributed by atoms with E-state index >= 15 is 0 Å². The van der Waals surface area contributed by atoms with E-state index in [1.807, 2.05) is 18.2 Å². The predicted octanol–water partition coefficient (Wildman–Crippen LogP) is 1.97. The molecule has 2 heteroatoms. The van der Waals surface area contributed by atoms with Gasteiger partial charge >= 0.3 is 0 Å². The van der Waals surface area contributed by atoms with Crippen LogP contribution in [0.3, 0.4) is 0 Å². The van der Waals surface area contributed by atoms with E-state index in [2.05, 4.69) is 12.1 Å². The average Bonchev–Trinajstić information content (AvgIpc) is 2.17. The standard InChI is InChI=1S/C12H16O2/c13-8-11-6-12(7-11)14-9-10-4-2-1-3-5-10/h1-5,11-13H,6-9H2/t11-,12+. The van der Waals surface area contributed by atoms with Gasteiger partial charge in [0, 0.05) is 6.61 Å². The summed E-state index contributed by atoms with van der Waals surface area (Å²) in [4.78, 5) is 0. The highest BCUT2D eigenvalue weighted by atomic mass is 16.5. The first kappa shape index (κ1) is 9.69. The van der Waals surface area contributed by atoms with Crippen molar-refractivity contribution >= 4 is 0 Å². The van der Waals surface area contributed by atoms with Gasteiger partial charge in [0.05, 0.1) is 12.7 Å². The molecule has 0 atom stereocenters. The Morgan fingerprint density at radius 2 is 1.93 bits per heavy atom. The van der Waals surface area contributed by atoms with Crippen LogP contribution in [0.15, 0.2) is 30.3 Å². The minimum absolute atomic E-state index is 0.311. The lowest BCUT2D eigenvalue weighted by molar-refractivity contribution is -0.0532. The summed E-state index contributed by atoms with van der Waals surface area (Å²) in [6.45, 7) is 1.01. The van der Waals surface area contributed by atoms with Gasteiger partial charge in [0.15, 0.2) is 0 Å². The van der Waals surface area contributed by atoms with Gasteiger partial charge in [-0.1, -0.05) is 30.3 Å². The molecule has 0 saturated heterocycles. The molecule has 14 heavy (non-hydrogen) atoms. The van der Waals surface area contributed by atoms with Crippen molar-refractivity contribution in [1.29, 1.82) is 0 Å². The van der Waals surface area contributed by atoms with Crippen molar-refractivity contribution in [3.05, 3.63) is 35.9 Å². The van der Waals surface area contributed by atoms with Gasteiger partial charge < -0.3 is 9.84 Å². The van der Waals surface area contributed by atoms with Crippen LogP contribution in [-0.4, -0.2) is 17.8 Å². The molecule has 2 nitrogen and oxygen atoms in total. The molecule has 0 unspecified atom stereocenters. The average molecular weight is 192 g/mol. The minimum Gasteiger partial charge on any atom is -0.396 e. The second kappa shape index (κ2) is 4.58. The van der Waals surface area contributed by atoms with E-state index in [0.717, 1.165) is 12.8 Å². The fourth-order valence-corrected chi connectivity index (χ4v) is 1.75. The van der Waals surface area contributed by atoms with Crippen LogP contribution in [-0.2, 0) is 11.3 Å². The number of hydrogen-bond acceptors (Lipinski definition) is 2. The van der Waals surface area contributed by atoms with Crippen molar-refractivity contribution in [1.82, 2.24) is 0 Å². The van der Waals surface area contributed by atoms with Crippen molar-refractivity contribution in [2.45, 2.75) is 25.6 Å². The van der Waals surface area contributed by atoms with Gasteiger partial charge in [-0.05, 0) is 24.3 Å². The maximum atomic E-state index is 8.83. The largest absolute Gasteiger partial charge is 0.396 e. The number of benzene rings is 1. The molecule has 1 saturated carbocycles. The minimum atomic E-state index is 0.311. The predicted molar refractivity (Wildman–Crippen MR) is 54.8 cm³/mol. The molecular formula is C12H16O2. The molecule has 0 bridgehead atoms. The second-order valence-corrected chi connectivity index (χ2v) is 3.94. The summed E-state index contributed by atoms with van der Waals surface area (Å²) in [5, 5.41) is 8.83. The van der Waals surface area contributed by atoms with Crippen LogP contribution in [0, 0.1) is 5.92 Å². The molecule has 2 rings (SSSR count). The molecule has 1 aliphatic carbocycles. The van der Waals surface area contributed by atoms with E-state index in [9.17, 15) is 0 Å². The molecular weight excluding hydrogens is 176 g/mol. The first-order valence-electron chi connectivity index (χ1n) is 5.15. The zero-order valence-electron chi connectivity index (χ0n) is 8.23. The van der Waals surface area contributed by atoms with E-state index in [1.54, 1.807) is 0 Å². The van der Waals surface area contributed by atoms with Crippen LogP contribution in [0.1, 0.15) is 18.4 Å². The third-order valence-electron chi connectivity index (χ3n) is 2.78. The number of hydrogen-bond donors (Lipinski definition) is 1. The third kappa shape index (κ3) is 2.34. The third-order valence-corrected chi connectivity index (χ3v) is 2.78. The van der Waals surface area contributed by atoms with Crippen LogP contribution >= 0.6 is 0 Å². The van der Waals surface area contributed by atoms with Crippen molar-refractivity contribution in [3.63, 3.8) is 0 Å². The highest BCUT2D eigenvalue weighted by Gasteiger charge is 2.28. The molecule has 0 amide bonds. The number of aliphatic hydroxyl groups is 1. The summed E-state index contributed by atoms with van der Waals surface area (Å²) < 4.78 is 5.68. The first-order chi connectivity index (χ1) is 6.88. The topological polar surface area (TPSA) is 29.5 Å². The zero-order valence-corrected chi connectivity index (χ0v) is 8.23. The molecule has 0 radical (unpaired) electrons. The van der Waals surface area contributed by atoms with Crippen LogP contribution in [0.4, 0.5) is 0 Å². The van der Waals surface area contributed by atoms with Gasteiger partial charge in [0.1, 0.15) is 0 Å². The van der Waals surface area contributed by atoms with Crippen LogP contribution in [0.5, 0.6) is 0 Å². The summed E-state index contributed by atoms with van der Waals surface area (Å²) in [7, 11) is 0. The van der Waals surface area contributed by atoms with E-state index in [0.29, 0.717) is 25.2 Å². The Balaban J connectivity index is 1.69.